The molecule has 0 saturated carbocycles. The summed E-state index contributed by atoms with van der Waals surface area (Å²) in [5.41, 5.74) is 1.05. The molecule has 1 heterocycles. The number of halogens is 1. The van der Waals surface area contributed by atoms with Gasteiger partial charge >= 0.3 is 0 Å². The van der Waals surface area contributed by atoms with Gasteiger partial charge in [0.05, 0.1) is 17.9 Å². The normalized spacial score (nSPS) is 15.0. The lowest BCUT2D eigenvalue weighted by atomic mass is 10.1. The van der Waals surface area contributed by atoms with Crippen molar-refractivity contribution >= 4 is 34.8 Å². The highest BCUT2D eigenvalue weighted by Gasteiger charge is 2.32. The number of anilines is 2. The molecule has 1 aliphatic heterocycles. The minimum atomic E-state index is -0.882. The summed E-state index contributed by atoms with van der Waals surface area (Å²) in [7, 11) is 0. The van der Waals surface area contributed by atoms with E-state index in [9.17, 15) is 9.59 Å². The molecule has 0 aromatic heterocycles. The molecule has 0 fully saturated rings. The Labute approximate surface area is 179 Å². The number of hydrogen-bond donors (Lipinski definition) is 1. The minimum absolute atomic E-state index is 0.105. The van der Waals surface area contributed by atoms with Crippen molar-refractivity contribution in [2.45, 2.75) is 13.0 Å². The van der Waals surface area contributed by atoms with Gasteiger partial charge in [0.1, 0.15) is 11.5 Å². The number of amides is 2. The number of carbonyl (C=O) groups excluding carboxylic acids is 2. The number of hydrogen-bond acceptors (Lipinski definition) is 4. The van der Waals surface area contributed by atoms with Gasteiger partial charge in [-0.05, 0) is 42.5 Å². The number of para-hydroxylation sites is 3. The standard InChI is InChI=1S/C23H19ClN2O4/c1-15(27)26-14-22(30-21-10-6-5-9-19(21)26)23(28)25-18-13-16(24)11-12-20(18)29-17-7-3-2-4-8-17/h2-13,22H,14H2,1H3,(H,25,28)/t22-/m1/s1. The number of ether oxygens (including phenoxy) is 2. The van der Waals surface area contributed by atoms with Gasteiger partial charge in [-0.2, -0.15) is 0 Å². The van der Waals surface area contributed by atoms with E-state index < -0.39 is 12.0 Å². The summed E-state index contributed by atoms with van der Waals surface area (Å²) in [6.45, 7) is 1.56. The highest BCUT2D eigenvalue weighted by atomic mass is 35.5. The number of carbonyl (C=O) groups is 2. The fourth-order valence-electron chi connectivity index (χ4n) is 3.19. The van der Waals surface area contributed by atoms with Crippen LogP contribution in [0, 0.1) is 0 Å². The largest absolute Gasteiger partial charge is 0.476 e. The van der Waals surface area contributed by atoms with Gasteiger partial charge in [0.25, 0.3) is 5.91 Å². The Morgan fingerprint density at radius 2 is 1.80 bits per heavy atom. The molecule has 1 aliphatic rings. The van der Waals surface area contributed by atoms with Crippen molar-refractivity contribution in [3.05, 3.63) is 77.8 Å². The van der Waals surface area contributed by atoms with Gasteiger partial charge < -0.3 is 19.7 Å². The molecule has 3 aromatic rings. The maximum Gasteiger partial charge on any atom is 0.267 e. The van der Waals surface area contributed by atoms with Crippen LogP contribution < -0.4 is 19.7 Å². The van der Waals surface area contributed by atoms with Gasteiger partial charge in [-0.3, -0.25) is 9.59 Å². The van der Waals surface area contributed by atoms with E-state index in [-0.39, 0.29) is 12.5 Å². The van der Waals surface area contributed by atoms with Gasteiger partial charge in [0.2, 0.25) is 5.91 Å². The van der Waals surface area contributed by atoms with Crippen molar-refractivity contribution in [3.8, 4) is 17.2 Å². The third-order valence-electron chi connectivity index (χ3n) is 4.62. The highest BCUT2D eigenvalue weighted by Crippen LogP contribution is 2.35. The topological polar surface area (TPSA) is 67.9 Å². The SMILES string of the molecule is CC(=O)N1C[C@H](C(=O)Nc2cc(Cl)ccc2Oc2ccccc2)Oc2ccccc21. The predicted molar refractivity (Wildman–Crippen MR) is 115 cm³/mol. The molecule has 1 N–H and O–H groups in total. The van der Waals surface area contributed by atoms with Crippen LogP contribution in [0.5, 0.6) is 17.2 Å². The van der Waals surface area contributed by atoms with Crippen LogP contribution in [0.15, 0.2) is 72.8 Å². The molecule has 0 bridgehead atoms. The van der Waals surface area contributed by atoms with Gasteiger partial charge in [0.15, 0.2) is 11.9 Å². The molecule has 30 heavy (non-hydrogen) atoms. The van der Waals surface area contributed by atoms with Crippen LogP contribution >= 0.6 is 11.6 Å². The molecule has 1 atom stereocenters. The second-order valence-electron chi connectivity index (χ2n) is 6.75. The number of rotatable bonds is 4. The van der Waals surface area contributed by atoms with Crippen LogP contribution in [-0.2, 0) is 9.59 Å². The first-order chi connectivity index (χ1) is 14.5. The lowest BCUT2D eigenvalue weighted by Gasteiger charge is -2.33. The summed E-state index contributed by atoms with van der Waals surface area (Å²) in [4.78, 5) is 26.6. The summed E-state index contributed by atoms with van der Waals surface area (Å²) >= 11 is 6.13. The number of benzene rings is 3. The molecule has 0 aliphatic carbocycles. The van der Waals surface area contributed by atoms with Gasteiger partial charge in [-0.1, -0.05) is 41.9 Å². The smallest absolute Gasteiger partial charge is 0.267 e. The molecule has 152 valence electrons. The highest BCUT2D eigenvalue weighted by molar-refractivity contribution is 6.31. The molecule has 6 nitrogen and oxygen atoms in total. The summed E-state index contributed by atoms with van der Waals surface area (Å²) < 4.78 is 11.7. The van der Waals surface area contributed by atoms with Crippen LogP contribution in [0.3, 0.4) is 0 Å². The molecule has 7 heteroatoms. The zero-order valence-corrected chi connectivity index (χ0v) is 16.9. The van der Waals surface area contributed by atoms with Crippen LogP contribution in [0.4, 0.5) is 11.4 Å². The van der Waals surface area contributed by atoms with Crippen LogP contribution in [0.2, 0.25) is 5.02 Å². The molecule has 0 spiro atoms. The second kappa shape index (κ2) is 8.47. The van der Waals surface area contributed by atoms with Crippen molar-refractivity contribution in [3.63, 3.8) is 0 Å². The number of nitrogens with one attached hydrogen (secondary N) is 1. The Hall–Kier alpha value is -3.51. The van der Waals surface area contributed by atoms with Crippen LogP contribution in [-0.4, -0.2) is 24.5 Å². The summed E-state index contributed by atoms with van der Waals surface area (Å²) in [5, 5.41) is 3.27. The van der Waals surface area contributed by atoms with E-state index in [2.05, 4.69) is 5.32 Å². The first-order valence-corrected chi connectivity index (χ1v) is 9.76. The Kier molecular flexibility index (Phi) is 5.59. The monoisotopic (exact) mass is 422 g/mol. The molecular formula is C23H19ClN2O4. The average molecular weight is 423 g/mol. The zero-order valence-electron chi connectivity index (χ0n) is 16.2. The fourth-order valence-corrected chi connectivity index (χ4v) is 3.36. The first kappa shape index (κ1) is 19.8. The van der Waals surface area contributed by atoms with E-state index >= 15 is 0 Å². The lowest BCUT2D eigenvalue weighted by molar-refractivity contribution is -0.123. The van der Waals surface area contributed by atoms with Gasteiger partial charge in [-0.15, -0.1) is 0 Å². The molecular weight excluding hydrogens is 404 g/mol. The second-order valence-corrected chi connectivity index (χ2v) is 7.19. The van der Waals surface area contributed by atoms with E-state index in [4.69, 9.17) is 21.1 Å². The summed E-state index contributed by atoms with van der Waals surface area (Å²) in [5.74, 6) is 0.973. The molecule has 2 amide bonds. The van der Waals surface area contributed by atoms with E-state index in [1.165, 1.54) is 11.8 Å². The Bertz CT molecular complexity index is 1090. The minimum Gasteiger partial charge on any atom is -0.476 e. The molecule has 0 radical (unpaired) electrons. The van der Waals surface area contributed by atoms with Crippen molar-refractivity contribution < 1.29 is 19.1 Å². The maximum absolute atomic E-state index is 13.0. The Balaban J connectivity index is 1.57. The third-order valence-corrected chi connectivity index (χ3v) is 4.85. The van der Waals surface area contributed by atoms with Crippen molar-refractivity contribution in [2.24, 2.45) is 0 Å². The average Bonchev–Trinajstić information content (AvgIpc) is 2.75. The van der Waals surface area contributed by atoms with Crippen molar-refractivity contribution in [1.29, 1.82) is 0 Å². The lowest BCUT2D eigenvalue weighted by Crippen LogP contribution is -2.48. The van der Waals surface area contributed by atoms with E-state index in [0.29, 0.717) is 33.6 Å². The van der Waals surface area contributed by atoms with E-state index in [1.54, 1.807) is 36.4 Å². The molecule has 0 saturated heterocycles. The first-order valence-electron chi connectivity index (χ1n) is 9.38. The van der Waals surface area contributed by atoms with Gasteiger partial charge in [-0.25, -0.2) is 0 Å². The maximum atomic E-state index is 13.0. The van der Waals surface area contributed by atoms with Crippen molar-refractivity contribution in [1.82, 2.24) is 0 Å². The third kappa shape index (κ3) is 4.23. The van der Waals surface area contributed by atoms with E-state index in [0.717, 1.165) is 0 Å². The summed E-state index contributed by atoms with van der Waals surface area (Å²) in [6.07, 6.45) is -0.882. The Morgan fingerprint density at radius 1 is 1.07 bits per heavy atom. The zero-order chi connectivity index (χ0) is 21.1. The molecule has 3 aromatic carbocycles. The van der Waals surface area contributed by atoms with Crippen molar-refractivity contribution in [2.75, 3.05) is 16.8 Å². The van der Waals surface area contributed by atoms with Gasteiger partial charge in [0, 0.05) is 11.9 Å². The van der Waals surface area contributed by atoms with E-state index in [1.807, 2.05) is 36.4 Å². The fraction of sp³-hybridized carbons (Fsp3) is 0.130. The molecule has 4 rings (SSSR count). The van der Waals surface area contributed by atoms with Crippen LogP contribution in [0.1, 0.15) is 6.92 Å². The number of nitrogens with zero attached hydrogens (tertiary/aromatic N) is 1. The van der Waals surface area contributed by atoms with Crippen LogP contribution in [0.25, 0.3) is 0 Å². The predicted octanol–water partition coefficient (Wildman–Crippen LogP) is 4.88. The number of fused-ring (bicyclic) bond motifs is 1. The molecule has 0 unspecified atom stereocenters. The quantitative estimate of drug-likeness (QED) is 0.650. The Morgan fingerprint density at radius 3 is 2.57 bits per heavy atom. The summed E-state index contributed by atoms with van der Waals surface area (Å²) in [6, 6.07) is 21.3.